The predicted molar refractivity (Wildman–Crippen MR) is 76.8 cm³/mol. The van der Waals surface area contributed by atoms with Crippen LogP contribution < -0.4 is 10.6 Å². The Morgan fingerprint density at radius 3 is 2.67 bits per heavy atom. The van der Waals surface area contributed by atoms with Gasteiger partial charge in [-0.1, -0.05) is 37.3 Å². The number of nitrogens with one attached hydrogen (secondary N) is 2. The van der Waals surface area contributed by atoms with Gasteiger partial charge in [0.25, 0.3) is 0 Å². The first-order valence-corrected chi connectivity index (χ1v) is 6.36. The summed E-state index contributed by atoms with van der Waals surface area (Å²) in [6.07, 6.45) is 2.93. The third-order valence-electron chi connectivity index (χ3n) is 2.66. The molecule has 2 aromatic rings. The lowest BCUT2D eigenvalue weighted by atomic mass is 10.2. The van der Waals surface area contributed by atoms with Crippen LogP contribution in [0.15, 0.2) is 48.7 Å². The summed E-state index contributed by atoms with van der Waals surface area (Å²) in [6.45, 7) is 3.93. The molecule has 0 aliphatic carbocycles. The van der Waals surface area contributed by atoms with Crippen LogP contribution >= 0.6 is 0 Å². The molecule has 0 saturated heterocycles. The van der Waals surface area contributed by atoms with Crippen LogP contribution in [-0.4, -0.2) is 11.5 Å². The van der Waals surface area contributed by atoms with Gasteiger partial charge >= 0.3 is 0 Å². The van der Waals surface area contributed by atoms with E-state index in [1.54, 1.807) is 0 Å². The maximum absolute atomic E-state index is 4.28. The second-order valence-electron chi connectivity index (χ2n) is 4.20. The lowest BCUT2D eigenvalue weighted by Gasteiger charge is -2.09. The Morgan fingerprint density at radius 1 is 1.06 bits per heavy atom. The first-order chi connectivity index (χ1) is 8.88. The van der Waals surface area contributed by atoms with Crippen molar-refractivity contribution in [3.05, 3.63) is 54.2 Å². The molecule has 1 aromatic carbocycles. The van der Waals surface area contributed by atoms with Gasteiger partial charge in [0, 0.05) is 31.0 Å². The maximum atomic E-state index is 4.28. The lowest BCUT2D eigenvalue weighted by molar-refractivity contribution is 0.969. The van der Waals surface area contributed by atoms with Crippen molar-refractivity contribution in [1.82, 2.24) is 4.98 Å². The summed E-state index contributed by atoms with van der Waals surface area (Å²) in [4.78, 5) is 4.28. The summed E-state index contributed by atoms with van der Waals surface area (Å²) >= 11 is 0. The van der Waals surface area contributed by atoms with E-state index in [1.807, 2.05) is 24.4 Å². The van der Waals surface area contributed by atoms with Crippen molar-refractivity contribution in [3.8, 4) is 0 Å². The van der Waals surface area contributed by atoms with E-state index in [4.69, 9.17) is 0 Å². The van der Waals surface area contributed by atoms with Crippen molar-refractivity contribution in [2.45, 2.75) is 19.9 Å². The Hall–Kier alpha value is -2.03. The first-order valence-electron chi connectivity index (χ1n) is 6.36. The number of anilines is 2. The first kappa shape index (κ1) is 12.4. The van der Waals surface area contributed by atoms with Crippen LogP contribution in [0.3, 0.4) is 0 Å². The fourth-order valence-electron chi connectivity index (χ4n) is 1.69. The second-order valence-corrected chi connectivity index (χ2v) is 4.20. The molecule has 0 atom stereocenters. The van der Waals surface area contributed by atoms with Crippen molar-refractivity contribution < 1.29 is 0 Å². The minimum atomic E-state index is 0.831. The summed E-state index contributed by atoms with van der Waals surface area (Å²) < 4.78 is 0. The second kappa shape index (κ2) is 6.64. The standard InChI is InChI=1S/C15H19N3/c1-2-9-16-15-11-14(8-10-17-15)18-12-13-6-4-3-5-7-13/h3-8,10-11H,2,9,12H2,1H3,(H2,16,17,18). The molecule has 0 saturated carbocycles. The fourth-order valence-corrected chi connectivity index (χ4v) is 1.69. The predicted octanol–water partition coefficient (Wildman–Crippen LogP) is 3.52. The smallest absolute Gasteiger partial charge is 0.127 e. The lowest BCUT2D eigenvalue weighted by Crippen LogP contribution is -2.03. The zero-order valence-electron chi connectivity index (χ0n) is 10.7. The topological polar surface area (TPSA) is 37.0 Å². The van der Waals surface area contributed by atoms with Crippen LogP contribution in [0.2, 0.25) is 0 Å². The van der Waals surface area contributed by atoms with E-state index in [1.165, 1.54) is 5.56 Å². The van der Waals surface area contributed by atoms with Crippen LogP contribution in [0.25, 0.3) is 0 Å². The normalized spacial score (nSPS) is 10.1. The zero-order valence-corrected chi connectivity index (χ0v) is 10.7. The van der Waals surface area contributed by atoms with Crippen molar-refractivity contribution in [2.24, 2.45) is 0 Å². The molecule has 2 rings (SSSR count). The molecule has 0 aliphatic heterocycles. The third kappa shape index (κ3) is 3.77. The molecule has 0 radical (unpaired) electrons. The minimum Gasteiger partial charge on any atom is -0.381 e. The highest BCUT2D eigenvalue weighted by Gasteiger charge is 1.96. The van der Waals surface area contributed by atoms with Crippen LogP contribution in [0.5, 0.6) is 0 Å². The van der Waals surface area contributed by atoms with Gasteiger partial charge in [0.2, 0.25) is 0 Å². The Morgan fingerprint density at radius 2 is 1.89 bits per heavy atom. The van der Waals surface area contributed by atoms with E-state index in [2.05, 4.69) is 46.8 Å². The van der Waals surface area contributed by atoms with E-state index in [0.29, 0.717) is 0 Å². The molecular weight excluding hydrogens is 222 g/mol. The SMILES string of the molecule is CCCNc1cc(NCc2ccccc2)ccn1. The molecule has 0 amide bonds. The highest BCUT2D eigenvalue weighted by molar-refractivity contribution is 5.52. The average Bonchev–Trinajstić information content (AvgIpc) is 2.44. The quantitative estimate of drug-likeness (QED) is 0.812. The van der Waals surface area contributed by atoms with Crippen molar-refractivity contribution in [3.63, 3.8) is 0 Å². The van der Waals surface area contributed by atoms with Crippen molar-refractivity contribution >= 4 is 11.5 Å². The van der Waals surface area contributed by atoms with Crippen molar-refractivity contribution in [2.75, 3.05) is 17.2 Å². The fraction of sp³-hybridized carbons (Fsp3) is 0.267. The molecule has 2 N–H and O–H groups in total. The molecule has 0 spiro atoms. The molecule has 3 nitrogen and oxygen atoms in total. The van der Waals surface area contributed by atoms with E-state index in [-0.39, 0.29) is 0 Å². The number of hydrogen-bond donors (Lipinski definition) is 2. The van der Waals surface area contributed by atoms with Gasteiger partial charge in [-0.05, 0) is 18.1 Å². The highest BCUT2D eigenvalue weighted by Crippen LogP contribution is 2.13. The van der Waals surface area contributed by atoms with Gasteiger partial charge in [0.15, 0.2) is 0 Å². The summed E-state index contributed by atoms with van der Waals surface area (Å²) in [6, 6.07) is 14.4. The minimum absolute atomic E-state index is 0.831. The molecule has 94 valence electrons. The van der Waals surface area contributed by atoms with Crippen molar-refractivity contribution in [1.29, 1.82) is 0 Å². The van der Waals surface area contributed by atoms with Gasteiger partial charge in [0.05, 0.1) is 0 Å². The Bertz CT molecular complexity index is 468. The summed E-state index contributed by atoms with van der Waals surface area (Å²) in [5.74, 6) is 0.926. The van der Waals surface area contributed by atoms with Gasteiger partial charge in [-0.2, -0.15) is 0 Å². The Kier molecular flexibility index (Phi) is 4.59. The molecule has 3 heteroatoms. The van der Waals surface area contributed by atoms with Crippen LogP contribution in [0.4, 0.5) is 11.5 Å². The van der Waals surface area contributed by atoms with Gasteiger partial charge in [-0.25, -0.2) is 4.98 Å². The number of nitrogens with zero attached hydrogens (tertiary/aromatic N) is 1. The summed E-state index contributed by atoms with van der Waals surface area (Å²) in [5, 5.41) is 6.68. The van der Waals surface area contributed by atoms with Crippen LogP contribution in [0.1, 0.15) is 18.9 Å². The number of rotatable bonds is 6. The van der Waals surface area contributed by atoms with Gasteiger partial charge in [0.1, 0.15) is 5.82 Å². The Balaban J connectivity index is 1.93. The largest absolute Gasteiger partial charge is 0.381 e. The zero-order chi connectivity index (χ0) is 12.6. The number of aromatic nitrogens is 1. The monoisotopic (exact) mass is 241 g/mol. The number of benzene rings is 1. The summed E-state index contributed by atoms with van der Waals surface area (Å²) in [5.41, 5.74) is 2.37. The Labute approximate surface area is 108 Å². The summed E-state index contributed by atoms with van der Waals surface area (Å²) in [7, 11) is 0. The molecule has 1 aromatic heterocycles. The van der Waals surface area contributed by atoms with Gasteiger partial charge in [-0.3, -0.25) is 0 Å². The molecule has 0 unspecified atom stereocenters. The van der Waals surface area contributed by atoms with Crippen LogP contribution in [0, 0.1) is 0 Å². The van der Waals surface area contributed by atoms with E-state index in [0.717, 1.165) is 31.0 Å². The molecule has 0 fully saturated rings. The average molecular weight is 241 g/mol. The highest BCUT2D eigenvalue weighted by atomic mass is 15.0. The van der Waals surface area contributed by atoms with Gasteiger partial charge < -0.3 is 10.6 Å². The maximum Gasteiger partial charge on any atom is 0.127 e. The van der Waals surface area contributed by atoms with E-state index >= 15 is 0 Å². The van der Waals surface area contributed by atoms with E-state index < -0.39 is 0 Å². The number of pyridine rings is 1. The number of hydrogen-bond acceptors (Lipinski definition) is 3. The molecule has 1 heterocycles. The van der Waals surface area contributed by atoms with Gasteiger partial charge in [-0.15, -0.1) is 0 Å². The molecule has 18 heavy (non-hydrogen) atoms. The molecule has 0 aliphatic rings. The molecular formula is C15H19N3. The third-order valence-corrected chi connectivity index (χ3v) is 2.66. The molecule has 0 bridgehead atoms. The van der Waals surface area contributed by atoms with E-state index in [9.17, 15) is 0 Å². The van der Waals surface area contributed by atoms with Crippen LogP contribution in [-0.2, 0) is 6.54 Å².